The molecule has 35 nitrogen and oxygen atoms in total. The van der Waals surface area contributed by atoms with Crippen LogP contribution in [0.3, 0.4) is 0 Å². The van der Waals surface area contributed by atoms with Crippen molar-refractivity contribution >= 4 is 67.6 Å². The number of ketones is 1. The summed E-state index contributed by atoms with van der Waals surface area (Å²) in [6.45, 7) is 33.8. The van der Waals surface area contributed by atoms with Crippen molar-refractivity contribution in [1.82, 2.24) is 16.0 Å². The van der Waals surface area contributed by atoms with Crippen LogP contribution < -0.4 is 27.4 Å². The third-order valence-electron chi connectivity index (χ3n) is 22.3. The minimum atomic E-state index is -3.56. The van der Waals surface area contributed by atoms with Gasteiger partial charge < -0.3 is 109 Å². The molecule has 9 N–H and O–H groups in total. The first-order chi connectivity index (χ1) is 55.2. The first-order valence-electron chi connectivity index (χ1n) is 40.1. The van der Waals surface area contributed by atoms with E-state index in [2.05, 4.69) is 81.5 Å². The molecule has 664 valence electrons. The average Bonchev–Trinajstić information content (AvgIpc) is 0.801. The van der Waals surface area contributed by atoms with Crippen molar-refractivity contribution in [1.29, 1.82) is 0 Å². The molecule has 0 aromatic carbocycles. The van der Waals surface area contributed by atoms with E-state index in [0.717, 1.165) is 58.6 Å². The predicted octanol–water partition coefficient (Wildman–Crippen LogP) is 7.98. The smallest absolute Gasteiger partial charge is 0.510 e. The maximum Gasteiger partial charge on any atom is 0.700 e. The number of carbonyl (C=O) groups is 10. The number of rotatable bonds is 40. The van der Waals surface area contributed by atoms with Gasteiger partial charge in [-0.05, 0) is 104 Å². The molecule has 5 aliphatic heterocycles. The van der Waals surface area contributed by atoms with Crippen LogP contribution in [0.15, 0.2) is 70.7 Å². The van der Waals surface area contributed by atoms with Crippen molar-refractivity contribution in [2.45, 2.75) is 312 Å². The van der Waals surface area contributed by atoms with Gasteiger partial charge in [0.15, 0.2) is 67.6 Å². The molecule has 118 heavy (non-hydrogen) atoms. The second-order valence-electron chi connectivity index (χ2n) is 32.8. The monoisotopic (exact) mass is 1690 g/mol. The predicted molar refractivity (Wildman–Crippen MR) is 422 cm³/mol. The minimum Gasteiger partial charge on any atom is -0.510 e. The molecular weight excluding hydrogens is 1570 g/mol. The van der Waals surface area contributed by atoms with E-state index >= 15 is 0 Å². The fraction of sp³-hybridized carbons (Fsp3) is 0.732. The topological polar surface area (TPSA) is 473 Å². The highest BCUT2D eigenvalue weighted by Gasteiger charge is 2.63. The largest absolute Gasteiger partial charge is 0.700 e. The normalized spacial score (nSPS) is 33.2. The molecular formula is C82H127N5O30P+. The third-order valence-corrected chi connectivity index (χ3v) is 23.0. The highest BCUT2D eigenvalue weighted by molar-refractivity contribution is 7.33. The number of nitrogens with one attached hydrogen (secondary N) is 3. The number of allylic oxidation sites excluding steroid dienone is 10. The minimum absolute atomic E-state index is 0.0222. The first kappa shape index (κ1) is 99.3. The number of ether oxygens (including phenoxy) is 15. The molecule has 5 fully saturated rings. The molecule has 0 aromatic heterocycles. The Kier molecular flexibility index (Phi) is 38.2. The van der Waals surface area contributed by atoms with Crippen LogP contribution in [0.2, 0.25) is 0 Å². The van der Waals surface area contributed by atoms with Crippen LogP contribution in [0.5, 0.6) is 0 Å². The molecule has 0 saturated carbocycles. The van der Waals surface area contributed by atoms with Crippen molar-refractivity contribution in [3.63, 3.8) is 0 Å². The summed E-state index contributed by atoms with van der Waals surface area (Å²) >= 11 is 0. The zero-order chi connectivity index (χ0) is 88.1. The number of Topliss-reactive ketones (excluding diaryl/α,β-unsaturated/α-hetero) is 1. The van der Waals surface area contributed by atoms with E-state index in [4.69, 9.17) is 91.6 Å². The van der Waals surface area contributed by atoms with E-state index in [1.54, 1.807) is 54.5 Å². The number of primary amides is 2. The Morgan fingerprint density at radius 1 is 0.653 bits per heavy atom. The second kappa shape index (κ2) is 45.4. The van der Waals surface area contributed by atoms with Gasteiger partial charge in [-0.3, -0.25) is 38.4 Å². The lowest BCUT2D eigenvalue weighted by Gasteiger charge is -2.52. The number of carbonyl (C=O) groups excluding carboxylic acids is 10. The number of nitrogens with two attached hydrogens (primary N) is 2. The molecule has 0 spiro atoms. The molecule has 27 atom stereocenters. The maximum atomic E-state index is 14.3. The first-order valence-corrected chi connectivity index (χ1v) is 41.2. The molecule has 0 bridgehead atoms. The van der Waals surface area contributed by atoms with E-state index in [1.807, 2.05) is 6.92 Å². The molecule has 6 rings (SSSR count). The lowest BCUT2D eigenvalue weighted by molar-refractivity contribution is -0.367. The second-order valence-corrected chi connectivity index (χ2v) is 33.7. The van der Waals surface area contributed by atoms with E-state index in [9.17, 15) is 62.7 Å². The van der Waals surface area contributed by atoms with Crippen molar-refractivity contribution in [3.05, 3.63) is 70.7 Å². The van der Waals surface area contributed by atoms with Gasteiger partial charge in [-0.25, -0.2) is 9.59 Å². The Balaban J connectivity index is 1.31. The quantitative estimate of drug-likeness (QED) is 0.0132. The highest BCUT2D eigenvalue weighted by atomic mass is 31.1. The van der Waals surface area contributed by atoms with Gasteiger partial charge in [0.05, 0.1) is 56.8 Å². The Labute approximate surface area is 691 Å². The summed E-state index contributed by atoms with van der Waals surface area (Å²) in [5, 5.41) is 31.0. The number of aliphatic hydroxyl groups is 2. The fourth-order valence-electron chi connectivity index (χ4n) is 15.0. The SMILES string of the molecule is C=C(C/C=C(\C)CCC=C(C)C)CCC(C)(C)/C=C/CC/C(C)=C\CO[C@H](CO[P+](=O)O[C@H]1OC(C(N)=O)[C@@](C)(O)[C@H](OC(N)=O)C1O[C@@H]1OC(CO[C@@H]2OC(COC(C)=O)[C@@H](C)[C@H](C)C2OC(C)=O)[C@@H](O[C@@H]2OC(C)[C@@H](O[C@@H]3OC(C(=O)NC4=C(O)CCC4=O)[C@H](C)[C@H](C)C3OC(C)=O)[C@H](C)C2NC(C)=O)[C@H](C)C1NC(C)=O)C(=O)OC. The van der Waals surface area contributed by atoms with Crippen LogP contribution in [-0.2, 0) is 128 Å². The Bertz CT molecular complexity index is 3690. The molecule has 0 radical (unpaired) electrons. The van der Waals surface area contributed by atoms with Gasteiger partial charge in [0.25, 0.3) is 5.91 Å². The maximum absolute atomic E-state index is 14.3. The molecule has 0 aromatic rings. The van der Waals surface area contributed by atoms with Gasteiger partial charge >= 0.3 is 38.2 Å². The van der Waals surface area contributed by atoms with Gasteiger partial charge in [-0.15, -0.1) is 4.52 Å². The van der Waals surface area contributed by atoms with Crippen LogP contribution in [0.4, 0.5) is 4.79 Å². The summed E-state index contributed by atoms with van der Waals surface area (Å²) in [7, 11) is -2.47. The molecule has 5 saturated heterocycles. The average molecular weight is 1690 g/mol. The summed E-state index contributed by atoms with van der Waals surface area (Å²) < 4.78 is 119. The standard InChI is InChI=1S/C82H126N5O30P/c1-40(2)25-24-27-41(3)28-29-43(5)32-35-81(18,19)34-23-22-26-42(4)33-36-102-60(74(97)101-21)39-105-118(100)117-79-69(70(116-80(84)98)82(20,99)71(115-79)72(83)95)114-76-62(86-52(14)89)49(11)65(59(110-76)38-104-77-67(107-54(16)91)45(7)44(6)58(109-77)37-103-53(15)90)112-75-61(85-51(13)88)48(10)64(50(12)106-75)111-78-68(108-55(17)92)47(9)46(8)66(113-78)73(96)87-63-56(93)30-31-57(63)94/h23,25,28,33-34,44-50,58-62,64-71,75-79,99H,5,22,24,26-27,29-32,35-39H2,1-4,6-21H3,(H7-,83,84,85,86,87,88,89,93,94,95,96,98)/p+1/b34-23+,41-28+,42-33-/t44-,45-,46+,47-,48+,49+,50?,58?,59?,60+,61?,62?,64-,65-,66?,67?,68?,69?,70+,71?,75-,76-,77+,78+,79+,82-/m0/s1. The number of hydrogen-bond acceptors (Lipinski definition) is 30. The highest BCUT2D eigenvalue weighted by Crippen LogP contribution is 2.45. The molecule has 5 amide bonds. The van der Waals surface area contributed by atoms with Crippen LogP contribution in [0.1, 0.15) is 189 Å². The van der Waals surface area contributed by atoms with Crippen molar-refractivity contribution in [2.24, 2.45) is 52.4 Å². The zero-order valence-corrected chi connectivity index (χ0v) is 72.5. The number of methoxy groups -OCH3 is 1. The number of esters is 4. The van der Waals surface area contributed by atoms with Crippen LogP contribution in [-0.4, -0.2) is 226 Å². The summed E-state index contributed by atoms with van der Waals surface area (Å²) in [5.74, 6) is -11.6. The summed E-state index contributed by atoms with van der Waals surface area (Å²) in [5.41, 5.74) is 13.2. The van der Waals surface area contributed by atoms with E-state index in [1.165, 1.54) is 44.4 Å². The van der Waals surface area contributed by atoms with E-state index in [-0.39, 0.29) is 42.9 Å². The lowest BCUT2D eigenvalue weighted by Crippen LogP contribution is -2.71. The van der Waals surface area contributed by atoms with Gasteiger partial charge in [-0.1, -0.05) is 119 Å². The van der Waals surface area contributed by atoms with E-state index in [0.29, 0.717) is 12.8 Å². The molecule has 5 heterocycles. The summed E-state index contributed by atoms with van der Waals surface area (Å²) in [4.78, 5) is 131. The van der Waals surface area contributed by atoms with Crippen LogP contribution in [0, 0.1) is 40.9 Å². The Hall–Kier alpha value is -7.48. The van der Waals surface area contributed by atoms with Gasteiger partial charge in [0, 0.05) is 75.7 Å². The Morgan fingerprint density at radius 2 is 1.23 bits per heavy atom. The fourth-order valence-corrected chi connectivity index (χ4v) is 15.7. The van der Waals surface area contributed by atoms with Gasteiger partial charge in [-0.2, -0.15) is 0 Å². The van der Waals surface area contributed by atoms with Gasteiger partial charge in [0.1, 0.15) is 42.5 Å². The summed E-state index contributed by atoms with van der Waals surface area (Å²) in [6.07, 6.45) is -11.3. The molecule has 36 heteroatoms. The number of amides is 5. The third kappa shape index (κ3) is 28.6. The van der Waals surface area contributed by atoms with Crippen molar-refractivity contribution in [2.75, 3.05) is 33.5 Å². The van der Waals surface area contributed by atoms with Crippen LogP contribution >= 0.6 is 8.25 Å². The lowest BCUT2D eigenvalue weighted by atomic mass is 9.82. The van der Waals surface area contributed by atoms with Gasteiger partial charge in [0.2, 0.25) is 24.0 Å². The molecule has 1 aliphatic carbocycles. The van der Waals surface area contributed by atoms with E-state index < -0.39 is 239 Å². The Morgan fingerprint density at radius 3 is 1.81 bits per heavy atom. The number of aliphatic hydroxyl groups excluding tert-OH is 1. The summed E-state index contributed by atoms with van der Waals surface area (Å²) in [6, 6.07) is -2.67. The zero-order valence-electron chi connectivity index (χ0n) is 71.6. The van der Waals surface area contributed by atoms with Crippen molar-refractivity contribution in [3.8, 4) is 0 Å². The number of hydrogen-bond donors (Lipinski definition) is 7. The molecule has 11 unspecified atom stereocenters. The van der Waals surface area contributed by atoms with Crippen molar-refractivity contribution < 1.29 is 143 Å². The van der Waals surface area contributed by atoms with Crippen LogP contribution in [0.25, 0.3) is 0 Å². The molecule has 6 aliphatic rings.